The summed E-state index contributed by atoms with van der Waals surface area (Å²) in [6.07, 6.45) is 4.30. The van der Waals surface area contributed by atoms with Gasteiger partial charge < -0.3 is 14.5 Å². The predicted molar refractivity (Wildman–Crippen MR) is 117 cm³/mol. The van der Waals surface area contributed by atoms with Crippen molar-refractivity contribution in [1.82, 2.24) is 19.2 Å². The van der Waals surface area contributed by atoms with Crippen LogP contribution in [0, 0.1) is 0 Å². The summed E-state index contributed by atoms with van der Waals surface area (Å²) in [7, 11) is -3.36. The monoisotopic (exact) mass is 465 g/mol. The van der Waals surface area contributed by atoms with Crippen molar-refractivity contribution in [1.29, 1.82) is 0 Å². The molecule has 4 heterocycles. The van der Waals surface area contributed by atoms with Gasteiger partial charge in [-0.3, -0.25) is 4.79 Å². The summed E-state index contributed by atoms with van der Waals surface area (Å²) < 4.78 is 33.3. The highest BCUT2D eigenvalue weighted by Crippen LogP contribution is 2.29. The first-order valence-electron chi connectivity index (χ1n) is 10.4. The molecule has 1 amide bonds. The Bertz CT molecular complexity index is 1030. The molecule has 2 saturated heterocycles. The Labute approximate surface area is 186 Å². The van der Waals surface area contributed by atoms with Crippen LogP contribution in [0.1, 0.15) is 44.9 Å². The number of carbonyl (C=O) groups is 1. The van der Waals surface area contributed by atoms with Crippen LogP contribution in [0.2, 0.25) is 0 Å². The minimum absolute atomic E-state index is 0.0105. The highest BCUT2D eigenvalue weighted by atomic mass is 32.2. The smallest absolute Gasteiger partial charge is 0.263 e. The van der Waals surface area contributed by atoms with Crippen LogP contribution in [-0.4, -0.2) is 71.6 Å². The third-order valence-corrected chi connectivity index (χ3v) is 7.47. The SMILES string of the molecule is CC(C)c1nsc(N2CCC(N3CCC(Oc4ccc(S(C)(=O)=O)nc4)C3=O)CC2)n1. The number of anilines is 1. The van der Waals surface area contributed by atoms with E-state index in [1.165, 1.54) is 23.8 Å². The fourth-order valence-electron chi connectivity index (χ4n) is 3.93. The average molecular weight is 466 g/mol. The highest BCUT2D eigenvalue weighted by molar-refractivity contribution is 7.90. The van der Waals surface area contributed by atoms with Crippen molar-refractivity contribution in [3.05, 3.63) is 24.2 Å². The molecular weight excluding hydrogens is 438 g/mol. The molecule has 0 radical (unpaired) electrons. The molecule has 9 nitrogen and oxygen atoms in total. The van der Waals surface area contributed by atoms with E-state index >= 15 is 0 Å². The number of carbonyl (C=O) groups excluding carboxylic acids is 1. The van der Waals surface area contributed by atoms with Gasteiger partial charge in [-0.05, 0) is 25.0 Å². The van der Waals surface area contributed by atoms with Gasteiger partial charge in [-0.15, -0.1) is 0 Å². The lowest BCUT2D eigenvalue weighted by Crippen LogP contribution is -2.47. The summed E-state index contributed by atoms with van der Waals surface area (Å²) in [5.41, 5.74) is 0. The first kappa shape index (κ1) is 21.9. The zero-order chi connectivity index (χ0) is 22.2. The Hall–Kier alpha value is -2.27. The number of hydrogen-bond acceptors (Lipinski definition) is 9. The minimum Gasteiger partial charge on any atom is -0.479 e. The first-order chi connectivity index (χ1) is 14.7. The maximum Gasteiger partial charge on any atom is 0.263 e. The molecule has 1 unspecified atom stereocenters. The summed E-state index contributed by atoms with van der Waals surface area (Å²) in [6, 6.07) is 3.14. The average Bonchev–Trinajstić information content (AvgIpc) is 3.36. The maximum atomic E-state index is 12.9. The van der Waals surface area contributed by atoms with E-state index in [9.17, 15) is 13.2 Å². The number of pyridine rings is 1. The van der Waals surface area contributed by atoms with Crippen molar-refractivity contribution in [2.75, 3.05) is 30.8 Å². The van der Waals surface area contributed by atoms with E-state index in [4.69, 9.17) is 4.74 Å². The minimum atomic E-state index is -3.36. The second-order valence-corrected chi connectivity index (χ2v) is 11.0. The summed E-state index contributed by atoms with van der Waals surface area (Å²) in [5.74, 6) is 1.60. The highest BCUT2D eigenvalue weighted by Gasteiger charge is 2.38. The number of nitrogens with zero attached hydrogens (tertiary/aromatic N) is 5. The molecule has 2 fully saturated rings. The van der Waals surface area contributed by atoms with E-state index in [-0.39, 0.29) is 17.0 Å². The van der Waals surface area contributed by atoms with Gasteiger partial charge in [-0.1, -0.05) is 13.8 Å². The molecule has 2 aromatic rings. The lowest BCUT2D eigenvalue weighted by atomic mass is 10.0. The van der Waals surface area contributed by atoms with Gasteiger partial charge >= 0.3 is 0 Å². The summed E-state index contributed by atoms with van der Waals surface area (Å²) in [4.78, 5) is 25.7. The van der Waals surface area contributed by atoms with Crippen molar-refractivity contribution < 1.29 is 17.9 Å². The van der Waals surface area contributed by atoms with Gasteiger partial charge in [0.1, 0.15) is 11.6 Å². The van der Waals surface area contributed by atoms with Crippen LogP contribution in [0.25, 0.3) is 0 Å². The van der Waals surface area contributed by atoms with E-state index in [2.05, 4.69) is 33.1 Å². The van der Waals surface area contributed by atoms with E-state index in [0.717, 1.165) is 43.1 Å². The molecule has 0 saturated carbocycles. The second-order valence-electron chi connectivity index (χ2n) is 8.34. The van der Waals surface area contributed by atoms with Gasteiger partial charge in [0.2, 0.25) is 5.13 Å². The molecule has 0 aromatic carbocycles. The molecular formula is C20H27N5O4S2. The lowest BCUT2D eigenvalue weighted by Gasteiger charge is -2.36. The molecule has 4 rings (SSSR count). The van der Waals surface area contributed by atoms with Gasteiger partial charge in [0, 0.05) is 55.8 Å². The molecule has 2 aliphatic rings. The molecule has 11 heteroatoms. The predicted octanol–water partition coefficient (Wildman–Crippen LogP) is 2.11. The molecule has 31 heavy (non-hydrogen) atoms. The van der Waals surface area contributed by atoms with Crippen LogP contribution in [0.5, 0.6) is 5.75 Å². The normalized spacial score (nSPS) is 20.6. The van der Waals surface area contributed by atoms with Crippen LogP contribution in [0.4, 0.5) is 5.13 Å². The van der Waals surface area contributed by atoms with E-state index in [1.54, 1.807) is 6.07 Å². The number of aromatic nitrogens is 3. The maximum absolute atomic E-state index is 12.9. The lowest BCUT2D eigenvalue weighted by molar-refractivity contribution is -0.135. The van der Waals surface area contributed by atoms with E-state index in [1.807, 2.05) is 4.90 Å². The van der Waals surface area contributed by atoms with Crippen molar-refractivity contribution in [2.24, 2.45) is 0 Å². The summed E-state index contributed by atoms with van der Waals surface area (Å²) in [5, 5.41) is 0.947. The fourth-order valence-corrected chi connectivity index (χ4v) is 5.34. The Kier molecular flexibility index (Phi) is 6.16. The molecule has 1 atom stereocenters. The third-order valence-electron chi connectivity index (χ3n) is 5.68. The first-order valence-corrected chi connectivity index (χ1v) is 13.1. The number of likely N-dealkylation sites (tertiary alicyclic amines) is 1. The Balaban J connectivity index is 1.32. The largest absolute Gasteiger partial charge is 0.479 e. The summed E-state index contributed by atoms with van der Waals surface area (Å²) in [6.45, 7) is 6.55. The van der Waals surface area contributed by atoms with Crippen LogP contribution in [-0.2, 0) is 14.6 Å². The number of ether oxygens (including phenoxy) is 1. The van der Waals surface area contributed by atoms with Gasteiger partial charge in [-0.25, -0.2) is 18.4 Å². The van der Waals surface area contributed by atoms with E-state index in [0.29, 0.717) is 24.6 Å². The number of sulfone groups is 1. The Morgan fingerprint density at radius 2 is 1.90 bits per heavy atom. The molecule has 0 bridgehead atoms. The topological polar surface area (TPSA) is 106 Å². The molecule has 0 spiro atoms. The molecule has 0 aliphatic carbocycles. The van der Waals surface area contributed by atoms with Crippen LogP contribution in [0.3, 0.4) is 0 Å². The molecule has 2 aliphatic heterocycles. The molecule has 2 aromatic heterocycles. The number of hydrogen-bond donors (Lipinski definition) is 0. The number of rotatable bonds is 6. The number of amides is 1. The Morgan fingerprint density at radius 1 is 1.16 bits per heavy atom. The van der Waals surface area contributed by atoms with Crippen LogP contribution in [0.15, 0.2) is 23.4 Å². The second kappa shape index (κ2) is 8.70. The van der Waals surface area contributed by atoms with Crippen molar-refractivity contribution in [3.8, 4) is 5.75 Å². The van der Waals surface area contributed by atoms with Crippen LogP contribution < -0.4 is 9.64 Å². The van der Waals surface area contributed by atoms with Crippen molar-refractivity contribution in [2.45, 2.75) is 56.2 Å². The fraction of sp³-hybridized carbons (Fsp3) is 0.600. The third kappa shape index (κ3) is 4.82. The van der Waals surface area contributed by atoms with Crippen LogP contribution >= 0.6 is 11.5 Å². The molecule has 0 N–H and O–H groups in total. The standard InChI is InChI=1S/C20H27N5O4S2/c1-13(2)18-22-20(30-23-18)24-9-6-14(7-10-24)25-11-8-16(19(25)26)29-15-4-5-17(21-12-15)31(3,27)28/h4-5,12-14,16H,6-11H2,1-3H3. The van der Waals surface area contributed by atoms with Crippen molar-refractivity contribution >= 4 is 32.4 Å². The Morgan fingerprint density at radius 3 is 2.48 bits per heavy atom. The summed E-state index contributed by atoms with van der Waals surface area (Å²) >= 11 is 1.44. The number of piperidine rings is 1. The van der Waals surface area contributed by atoms with Gasteiger partial charge in [0.15, 0.2) is 21.0 Å². The zero-order valence-electron chi connectivity index (χ0n) is 17.9. The van der Waals surface area contributed by atoms with Gasteiger partial charge in [0.25, 0.3) is 5.91 Å². The van der Waals surface area contributed by atoms with Gasteiger partial charge in [0.05, 0.1) is 6.20 Å². The zero-order valence-corrected chi connectivity index (χ0v) is 19.5. The quantitative estimate of drug-likeness (QED) is 0.639. The molecule has 168 valence electrons. The van der Waals surface area contributed by atoms with Gasteiger partial charge in [-0.2, -0.15) is 4.37 Å². The van der Waals surface area contributed by atoms with Crippen molar-refractivity contribution in [3.63, 3.8) is 0 Å². The van der Waals surface area contributed by atoms with E-state index < -0.39 is 15.9 Å².